The van der Waals surface area contributed by atoms with E-state index in [0.717, 1.165) is 51.6 Å². The van der Waals surface area contributed by atoms with E-state index in [2.05, 4.69) is 236 Å². The first-order chi connectivity index (χ1) is 34.1. The molecule has 4 heterocycles. The summed E-state index contributed by atoms with van der Waals surface area (Å²) in [6.07, 6.45) is 4.62. The van der Waals surface area contributed by atoms with E-state index in [9.17, 15) is 0 Å². The maximum Gasteiger partial charge on any atom is 0.252 e. The topological polar surface area (TPSA) is 19.6 Å². The van der Waals surface area contributed by atoms with Gasteiger partial charge < -0.3 is 14.2 Å². The van der Waals surface area contributed by atoms with Crippen molar-refractivity contribution in [3.05, 3.63) is 203 Å². The molecule has 10 aromatic rings. The van der Waals surface area contributed by atoms with E-state index < -0.39 is 0 Å². The molecule has 0 N–H and O–H groups in total. The Balaban J connectivity index is 1.02. The van der Waals surface area contributed by atoms with Crippen LogP contribution in [0.3, 0.4) is 0 Å². The molecule has 3 aliphatic rings. The van der Waals surface area contributed by atoms with Crippen molar-refractivity contribution in [2.24, 2.45) is 0 Å². The van der Waals surface area contributed by atoms with Gasteiger partial charge in [0.1, 0.15) is 11.2 Å². The molecule has 348 valence electrons. The van der Waals surface area contributed by atoms with Gasteiger partial charge >= 0.3 is 0 Å². The zero-order valence-electron chi connectivity index (χ0n) is 42.4. The van der Waals surface area contributed by atoms with E-state index in [1.54, 1.807) is 0 Å². The van der Waals surface area contributed by atoms with Gasteiger partial charge in [0.05, 0.1) is 0 Å². The van der Waals surface area contributed by atoms with E-state index in [1.807, 2.05) is 17.4 Å². The fraction of sp³-hybridized carbons (Fsp3) is 0.212. The van der Waals surface area contributed by atoms with Crippen molar-refractivity contribution in [2.45, 2.75) is 91.4 Å². The van der Waals surface area contributed by atoms with E-state index in [1.165, 1.54) is 93.2 Å². The Kier molecular flexibility index (Phi) is 9.72. The van der Waals surface area contributed by atoms with Crippen molar-refractivity contribution in [3.8, 4) is 11.1 Å². The number of fused-ring (bicyclic) bond motifs is 10. The van der Waals surface area contributed by atoms with Gasteiger partial charge in [0.25, 0.3) is 6.71 Å². The van der Waals surface area contributed by atoms with Crippen LogP contribution in [-0.2, 0) is 22.7 Å². The van der Waals surface area contributed by atoms with Crippen LogP contribution in [0.25, 0.3) is 48.7 Å². The number of hydrogen-bond donors (Lipinski definition) is 0. The number of nitrogens with zero attached hydrogens (tertiary/aromatic N) is 2. The maximum atomic E-state index is 6.55. The van der Waals surface area contributed by atoms with Crippen molar-refractivity contribution in [2.75, 3.05) is 9.80 Å². The van der Waals surface area contributed by atoms with E-state index in [0.29, 0.717) is 0 Å². The standard InChI is InChI=1S/C66H59BN2OS/c1-64(2,3)42-29-35-55-54(36-42)67-53-34-28-43(65(4,5)6)37-56(53)69(46-32-26-41(27-33-46)48-19-15-21-52-50-17-11-13-23-60(50)71-63(48)52)58-39-44(66(7,8)9)38-57(61(58)67)68(55)45-30-24-40(25-31-45)47-18-14-20-51-49-16-10-12-22-59(49)70-62(47)51/h10-14,16-20,22-39H,15,21H2,1-9H3. The van der Waals surface area contributed by atoms with Crippen LogP contribution in [0.2, 0.25) is 0 Å². The molecule has 0 saturated carbocycles. The Morgan fingerprint density at radius 3 is 1.79 bits per heavy atom. The number of furan rings is 1. The number of para-hydroxylation sites is 2. The van der Waals surface area contributed by atoms with Gasteiger partial charge in [-0.25, -0.2) is 0 Å². The third kappa shape index (κ3) is 6.98. The summed E-state index contributed by atoms with van der Waals surface area (Å²) >= 11 is 1.94. The third-order valence-electron chi connectivity index (χ3n) is 15.6. The van der Waals surface area contributed by atoms with Gasteiger partial charge in [-0.15, -0.1) is 11.3 Å². The maximum absolute atomic E-state index is 6.55. The molecule has 0 spiro atoms. The van der Waals surface area contributed by atoms with Gasteiger partial charge in [0.2, 0.25) is 0 Å². The number of allylic oxidation sites excluding steroid dienone is 1. The molecule has 0 fully saturated rings. The van der Waals surface area contributed by atoms with Gasteiger partial charge in [-0.05, 0) is 150 Å². The summed E-state index contributed by atoms with van der Waals surface area (Å²) in [5.74, 6) is 0. The summed E-state index contributed by atoms with van der Waals surface area (Å²) in [5.41, 5.74) is 23.3. The Labute approximate surface area is 423 Å². The monoisotopic (exact) mass is 938 g/mol. The Bertz CT molecular complexity index is 3830. The number of rotatable bonds is 4. The Morgan fingerprint density at radius 1 is 0.493 bits per heavy atom. The highest BCUT2D eigenvalue weighted by Crippen LogP contribution is 2.49. The summed E-state index contributed by atoms with van der Waals surface area (Å²) in [7, 11) is 0. The molecule has 2 aliphatic heterocycles. The molecule has 3 nitrogen and oxygen atoms in total. The molecule has 5 heteroatoms. The Hall–Kier alpha value is -7.08. The largest absolute Gasteiger partial charge is 0.455 e. The molecule has 1 aliphatic carbocycles. The smallest absolute Gasteiger partial charge is 0.252 e. The second-order valence-electron chi connectivity index (χ2n) is 23.3. The quantitative estimate of drug-likeness (QED) is 0.164. The summed E-state index contributed by atoms with van der Waals surface area (Å²) in [5, 5.41) is 3.70. The fourth-order valence-corrected chi connectivity index (χ4v) is 13.1. The predicted molar refractivity (Wildman–Crippen MR) is 307 cm³/mol. The minimum absolute atomic E-state index is 0.0193. The highest BCUT2D eigenvalue weighted by molar-refractivity contribution is 7.20. The summed E-state index contributed by atoms with van der Waals surface area (Å²) in [6, 6.07) is 62.2. The van der Waals surface area contributed by atoms with E-state index in [-0.39, 0.29) is 23.0 Å². The van der Waals surface area contributed by atoms with Crippen LogP contribution in [0, 0.1) is 0 Å². The Morgan fingerprint density at radius 2 is 1.08 bits per heavy atom. The van der Waals surface area contributed by atoms with Crippen molar-refractivity contribution in [3.63, 3.8) is 0 Å². The van der Waals surface area contributed by atoms with Crippen LogP contribution in [0.4, 0.5) is 34.1 Å². The lowest BCUT2D eigenvalue weighted by atomic mass is 9.33. The van der Waals surface area contributed by atoms with Crippen LogP contribution < -0.4 is 26.2 Å². The molecule has 0 unspecified atom stereocenters. The minimum atomic E-state index is -0.128. The van der Waals surface area contributed by atoms with E-state index in [4.69, 9.17) is 4.42 Å². The minimum Gasteiger partial charge on any atom is -0.455 e. The zero-order valence-corrected chi connectivity index (χ0v) is 43.2. The van der Waals surface area contributed by atoms with Crippen LogP contribution in [0.15, 0.2) is 174 Å². The van der Waals surface area contributed by atoms with E-state index >= 15 is 0 Å². The van der Waals surface area contributed by atoms with Gasteiger partial charge in [-0.1, -0.05) is 172 Å². The van der Waals surface area contributed by atoms with Crippen molar-refractivity contribution < 1.29 is 4.42 Å². The second kappa shape index (κ2) is 15.7. The molecule has 0 bridgehead atoms. The highest BCUT2D eigenvalue weighted by Gasteiger charge is 2.45. The van der Waals surface area contributed by atoms with Crippen molar-refractivity contribution in [1.82, 2.24) is 0 Å². The lowest BCUT2D eigenvalue weighted by Gasteiger charge is -2.45. The van der Waals surface area contributed by atoms with Crippen LogP contribution in [0.1, 0.15) is 101 Å². The van der Waals surface area contributed by atoms with Crippen molar-refractivity contribution in [1.29, 1.82) is 0 Å². The highest BCUT2D eigenvalue weighted by atomic mass is 32.1. The summed E-state index contributed by atoms with van der Waals surface area (Å²) in [4.78, 5) is 6.59. The molecule has 0 amide bonds. The van der Waals surface area contributed by atoms with Gasteiger partial charge in [-0.2, -0.15) is 0 Å². The third-order valence-corrected chi connectivity index (χ3v) is 16.9. The summed E-state index contributed by atoms with van der Waals surface area (Å²) < 4.78 is 7.93. The molecular formula is C66H59BN2OS. The molecular weight excluding hydrogens is 880 g/mol. The molecule has 0 atom stereocenters. The van der Waals surface area contributed by atoms with Gasteiger partial charge in [0, 0.05) is 60.0 Å². The average Bonchev–Trinajstić information content (AvgIpc) is 3.94. The zero-order chi connectivity index (χ0) is 48.7. The number of benzene rings is 8. The SMILES string of the molecule is CC(C)(C)c1ccc2c(c1)B1c3ccc(C(C)(C)C)cc3N(c3ccc(C4=CCCc5c4sc4ccccc54)cc3)c3cc(C(C)(C)C)cc(c31)N2c1ccc(-c2cccc3c2oc2ccccc23)cc1. The second-order valence-corrected chi connectivity index (χ2v) is 24.3. The molecule has 71 heavy (non-hydrogen) atoms. The van der Waals surface area contributed by atoms with Crippen LogP contribution in [-0.4, -0.2) is 6.71 Å². The summed E-state index contributed by atoms with van der Waals surface area (Å²) in [6.45, 7) is 21.1. The lowest BCUT2D eigenvalue weighted by Crippen LogP contribution is -2.61. The lowest BCUT2D eigenvalue weighted by molar-refractivity contribution is 0.589. The van der Waals surface area contributed by atoms with Crippen LogP contribution in [0.5, 0.6) is 0 Å². The van der Waals surface area contributed by atoms with Gasteiger partial charge in [0.15, 0.2) is 0 Å². The number of aryl methyl sites for hydroxylation is 1. The molecule has 8 aromatic carbocycles. The van der Waals surface area contributed by atoms with Gasteiger partial charge in [-0.3, -0.25) is 0 Å². The molecule has 13 rings (SSSR count). The normalized spacial score (nSPS) is 14.4. The number of thiophene rings is 1. The van der Waals surface area contributed by atoms with Crippen molar-refractivity contribution >= 4 is 106 Å². The predicted octanol–water partition coefficient (Wildman–Crippen LogP) is 16.8. The van der Waals surface area contributed by atoms with Crippen LogP contribution >= 0.6 is 11.3 Å². The number of anilines is 6. The molecule has 0 saturated heterocycles. The first-order valence-corrected chi connectivity index (χ1v) is 26.3. The molecule has 2 aromatic heterocycles. The number of hydrogen-bond acceptors (Lipinski definition) is 4. The fourth-order valence-electron chi connectivity index (χ4n) is 11.7. The molecule has 0 radical (unpaired) electrons. The first-order valence-electron chi connectivity index (χ1n) is 25.5. The first kappa shape index (κ1) is 43.9. The average molecular weight is 939 g/mol.